The van der Waals surface area contributed by atoms with Crippen LogP contribution in [0.4, 0.5) is 13.2 Å². The number of aliphatic imine (C=N–C) groups is 1. The van der Waals surface area contributed by atoms with Crippen molar-refractivity contribution in [2.45, 2.75) is 40.0 Å². The molecule has 1 aromatic carbocycles. The van der Waals surface area contributed by atoms with Crippen molar-refractivity contribution < 1.29 is 13.2 Å². The van der Waals surface area contributed by atoms with Crippen molar-refractivity contribution in [1.29, 1.82) is 0 Å². The summed E-state index contributed by atoms with van der Waals surface area (Å²) in [6, 6.07) is 9.86. The van der Waals surface area contributed by atoms with Crippen LogP contribution in [-0.4, -0.2) is 27.3 Å². The second-order valence-corrected chi connectivity index (χ2v) is 7.58. The number of para-hydroxylation sites is 1. The smallest absolute Gasteiger partial charge is 0.357 e. The highest BCUT2D eigenvalue weighted by Crippen LogP contribution is 2.29. The van der Waals surface area contributed by atoms with Gasteiger partial charge in [-0.1, -0.05) is 18.2 Å². The monoisotopic (exact) mass is 564 g/mol. The predicted octanol–water partition coefficient (Wildman–Crippen LogP) is 4.84. The second kappa shape index (κ2) is 10.9. The molecule has 3 aromatic rings. The van der Waals surface area contributed by atoms with E-state index in [0.717, 1.165) is 39.4 Å². The lowest BCUT2D eigenvalue weighted by Crippen LogP contribution is -2.36. The maximum atomic E-state index is 12.7. The Balaban J connectivity index is 0.00000341. The predicted molar refractivity (Wildman–Crippen MR) is 127 cm³/mol. The summed E-state index contributed by atoms with van der Waals surface area (Å²) in [5.41, 5.74) is 3.01. The van der Waals surface area contributed by atoms with Crippen LogP contribution in [0.3, 0.4) is 0 Å². The van der Waals surface area contributed by atoms with Gasteiger partial charge in [-0.3, -0.25) is 0 Å². The van der Waals surface area contributed by atoms with E-state index in [2.05, 4.69) is 25.7 Å². The Hall–Kier alpha value is -2.15. The highest BCUT2D eigenvalue weighted by atomic mass is 127. The second-order valence-electron chi connectivity index (χ2n) is 6.64. The highest BCUT2D eigenvalue weighted by Gasteiger charge is 2.33. The SMILES string of the molecule is CCNC(=NCc1ccccc1-n1nc(C)cc1C)NCc1nc(C(F)(F)F)cs1.I. The third kappa shape index (κ3) is 6.66. The summed E-state index contributed by atoms with van der Waals surface area (Å²) < 4.78 is 40.0. The van der Waals surface area contributed by atoms with Crippen LogP contribution in [0.2, 0.25) is 0 Å². The quantitative estimate of drug-likeness (QED) is 0.256. The Labute approximate surface area is 200 Å². The minimum atomic E-state index is -4.43. The fourth-order valence-electron chi connectivity index (χ4n) is 2.91. The Morgan fingerprint density at radius 2 is 1.94 bits per heavy atom. The fraction of sp³-hybridized carbons (Fsp3) is 0.350. The molecule has 2 N–H and O–H groups in total. The molecule has 0 atom stereocenters. The molecule has 0 bridgehead atoms. The minimum absolute atomic E-state index is 0. The van der Waals surface area contributed by atoms with Crippen LogP contribution >= 0.6 is 35.3 Å². The van der Waals surface area contributed by atoms with Gasteiger partial charge in [-0.2, -0.15) is 18.3 Å². The van der Waals surface area contributed by atoms with E-state index in [1.807, 2.05) is 55.8 Å². The summed E-state index contributed by atoms with van der Waals surface area (Å²) in [7, 11) is 0. The van der Waals surface area contributed by atoms with Gasteiger partial charge >= 0.3 is 6.18 Å². The Morgan fingerprint density at radius 1 is 1.19 bits per heavy atom. The lowest BCUT2D eigenvalue weighted by Gasteiger charge is -2.12. The molecule has 3 rings (SSSR count). The zero-order chi connectivity index (χ0) is 21.7. The van der Waals surface area contributed by atoms with Gasteiger partial charge in [0.25, 0.3) is 0 Å². The molecule has 0 aliphatic rings. The molecule has 0 aliphatic carbocycles. The third-order valence-electron chi connectivity index (χ3n) is 4.23. The van der Waals surface area contributed by atoms with E-state index in [4.69, 9.17) is 0 Å². The minimum Gasteiger partial charge on any atom is -0.357 e. The molecular weight excluding hydrogens is 540 g/mol. The van der Waals surface area contributed by atoms with Crippen molar-refractivity contribution in [1.82, 2.24) is 25.4 Å². The molecule has 0 amide bonds. The molecule has 0 saturated heterocycles. The topological polar surface area (TPSA) is 67.1 Å². The van der Waals surface area contributed by atoms with Crippen molar-refractivity contribution >= 4 is 41.3 Å². The maximum absolute atomic E-state index is 12.7. The van der Waals surface area contributed by atoms with Gasteiger partial charge < -0.3 is 10.6 Å². The Kier molecular flexibility index (Phi) is 8.86. The average molecular weight is 564 g/mol. The number of benzene rings is 1. The van der Waals surface area contributed by atoms with E-state index in [0.29, 0.717) is 24.1 Å². The van der Waals surface area contributed by atoms with E-state index in [1.54, 1.807) is 0 Å². The number of rotatable bonds is 6. The van der Waals surface area contributed by atoms with Gasteiger partial charge in [0.15, 0.2) is 11.7 Å². The Morgan fingerprint density at radius 3 is 2.55 bits per heavy atom. The summed E-state index contributed by atoms with van der Waals surface area (Å²) in [6.07, 6.45) is -4.43. The summed E-state index contributed by atoms with van der Waals surface area (Å²) in [4.78, 5) is 8.22. The molecule has 0 radical (unpaired) electrons. The van der Waals surface area contributed by atoms with E-state index in [1.165, 1.54) is 0 Å². The van der Waals surface area contributed by atoms with E-state index in [9.17, 15) is 13.2 Å². The largest absolute Gasteiger partial charge is 0.434 e. The third-order valence-corrected chi connectivity index (χ3v) is 5.08. The van der Waals surface area contributed by atoms with Crippen LogP contribution in [0, 0.1) is 13.8 Å². The molecule has 0 fully saturated rings. The van der Waals surface area contributed by atoms with Gasteiger partial charge in [-0.25, -0.2) is 14.7 Å². The number of hydrogen-bond donors (Lipinski definition) is 2. The first-order valence-electron chi connectivity index (χ1n) is 9.43. The molecule has 11 heteroatoms. The number of aromatic nitrogens is 3. The van der Waals surface area contributed by atoms with Gasteiger partial charge in [0.2, 0.25) is 0 Å². The molecule has 2 heterocycles. The number of hydrogen-bond acceptors (Lipinski definition) is 4. The Bertz CT molecular complexity index is 1030. The fourth-order valence-corrected chi connectivity index (χ4v) is 3.65. The van der Waals surface area contributed by atoms with E-state index < -0.39 is 11.9 Å². The zero-order valence-corrected chi connectivity index (χ0v) is 20.5. The van der Waals surface area contributed by atoms with Gasteiger partial charge in [0.1, 0.15) is 5.01 Å². The summed E-state index contributed by atoms with van der Waals surface area (Å²) in [5, 5.41) is 12.1. The van der Waals surface area contributed by atoms with E-state index in [-0.39, 0.29) is 30.5 Å². The van der Waals surface area contributed by atoms with Gasteiger partial charge in [0.05, 0.1) is 24.5 Å². The number of halogens is 4. The number of guanidine groups is 1. The summed E-state index contributed by atoms with van der Waals surface area (Å²) in [5.74, 6) is 0.504. The van der Waals surface area contributed by atoms with Crippen molar-refractivity contribution in [2.75, 3.05) is 6.54 Å². The van der Waals surface area contributed by atoms with Crippen LogP contribution < -0.4 is 10.6 Å². The van der Waals surface area contributed by atoms with Crippen LogP contribution in [0.25, 0.3) is 5.69 Å². The summed E-state index contributed by atoms with van der Waals surface area (Å²) >= 11 is 0.967. The molecule has 2 aromatic heterocycles. The van der Waals surface area contributed by atoms with Gasteiger partial charge in [0, 0.05) is 17.6 Å². The van der Waals surface area contributed by atoms with Gasteiger partial charge in [-0.15, -0.1) is 35.3 Å². The van der Waals surface area contributed by atoms with Crippen LogP contribution in [0.15, 0.2) is 40.7 Å². The standard InChI is InChI=1S/C20H23F3N6S.HI/c1-4-24-19(26-11-18-27-17(12-30-18)20(21,22)23)25-10-15-7-5-6-8-16(15)29-14(3)9-13(2)28-29;/h5-9,12H,4,10-11H2,1-3H3,(H2,24,25,26);1H. The normalized spacial score (nSPS) is 11.9. The molecule has 0 aliphatic heterocycles. The molecule has 31 heavy (non-hydrogen) atoms. The zero-order valence-electron chi connectivity index (χ0n) is 17.3. The molecule has 6 nitrogen and oxygen atoms in total. The molecule has 0 spiro atoms. The first-order valence-corrected chi connectivity index (χ1v) is 10.3. The number of alkyl halides is 3. The number of thiazole rings is 1. The van der Waals surface area contributed by atoms with Crippen LogP contribution in [0.5, 0.6) is 0 Å². The van der Waals surface area contributed by atoms with Crippen molar-refractivity contribution in [3.63, 3.8) is 0 Å². The van der Waals surface area contributed by atoms with E-state index >= 15 is 0 Å². The average Bonchev–Trinajstić information content (AvgIpc) is 3.30. The van der Waals surface area contributed by atoms with Gasteiger partial charge in [-0.05, 0) is 38.5 Å². The summed E-state index contributed by atoms with van der Waals surface area (Å²) in [6.45, 7) is 7.03. The van der Waals surface area contributed by atoms with Crippen LogP contribution in [-0.2, 0) is 19.3 Å². The number of nitrogens with zero attached hydrogens (tertiary/aromatic N) is 4. The van der Waals surface area contributed by atoms with Crippen molar-refractivity contribution in [2.24, 2.45) is 4.99 Å². The number of aryl methyl sites for hydroxylation is 2. The highest BCUT2D eigenvalue weighted by molar-refractivity contribution is 14.0. The lowest BCUT2D eigenvalue weighted by atomic mass is 10.2. The molecule has 168 valence electrons. The first kappa shape index (κ1) is 25.1. The van der Waals surface area contributed by atoms with Crippen LogP contribution in [0.1, 0.15) is 34.6 Å². The molecule has 0 saturated carbocycles. The lowest BCUT2D eigenvalue weighted by molar-refractivity contribution is -0.140. The van der Waals surface area contributed by atoms with Crippen molar-refractivity contribution in [3.05, 3.63) is 63.4 Å². The van der Waals surface area contributed by atoms with Crippen molar-refractivity contribution in [3.8, 4) is 5.69 Å². The first-order chi connectivity index (χ1) is 14.3. The number of nitrogens with one attached hydrogen (secondary N) is 2. The maximum Gasteiger partial charge on any atom is 0.434 e. The molecule has 0 unspecified atom stereocenters. The molecular formula is C20H24F3IN6S.